The van der Waals surface area contributed by atoms with E-state index in [0.717, 1.165) is 31.3 Å². The second-order valence-corrected chi connectivity index (χ2v) is 4.97. The Bertz CT molecular complexity index is 495. The Kier molecular flexibility index (Phi) is 3.62. The first-order chi connectivity index (χ1) is 8.59. The van der Waals surface area contributed by atoms with Gasteiger partial charge in [-0.15, -0.1) is 0 Å². The van der Waals surface area contributed by atoms with Crippen LogP contribution in [-0.4, -0.2) is 11.8 Å². The van der Waals surface area contributed by atoms with Crippen LogP contribution in [0.1, 0.15) is 48.5 Å². The van der Waals surface area contributed by atoms with Crippen molar-refractivity contribution in [3.63, 3.8) is 0 Å². The fraction of sp³-hybridized carbons (Fsp3) is 0.400. The molecule has 1 aliphatic carbocycles. The largest absolute Gasteiger partial charge is 0.325 e. The maximum Gasteiger partial charge on any atom is 0.153 e. The maximum atomic E-state index is 13.5. The Morgan fingerprint density at radius 1 is 1.50 bits per heavy atom. The summed E-state index contributed by atoms with van der Waals surface area (Å²) in [6.45, 7) is 2.08. The number of allylic oxidation sites excluding steroid dienone is 1. The average molecular weight is 247 g/mol. The molecule has 96 valence electrons. The van der Waals surface area contributed by atoms with E-state index >= 15 is 0 Å². The lowest BCUT2D eigenvalue weighted by atomic mass is 9.79. The number of aldehydes is 1. The molecule has 1 aromatic rings. The molecule has 1 aromatic carbocycles. The van der Waals surface area contributed by atoms with Crippen molar-refractivity contribution in [3.05, 3.63) is 41.2 Å². The molecule has 3 heteroatoms. The molecule has 0 saturated heterocycles. The lowest BCUT2D eigenvalue weighted by Gasteiger charge is -2.32. The maximum absolute atomic E-state index is 13.5. The van der Waals surface area contributed by atoms with Gasteiger partial charge in [-0.25, -0.2) is 4.39 Å². The first kappa shape index (κ1) is 13.0. The van der Waals surface area contributed by atoms with Crippen LogP contribution in [0.15, 0.2) is 24.3 Å². The molecule has 18 heavy (non-hydrogen) atoms. The molecule has 0 fully saturated rings. The molecule has 1 aliphatic rings. The number of hydrogen-bond donors (Lipinski definition) is 1. The highest BCUT2D eigenvalue weighted by Gasteiger charge is 2.26. The third kappa shape index (κ3) is 2.36. The Hall–Kier alpha value is -1.48. The highest BCUT2D eigenvalue weighted by Crippen LogP contribution is 2.34. The first-order valence-corrected chi connectivity index (χ1v) is 6.31. The van der Waals surface area contributed by atoms with Crippen molar-refractivity contribution in [1.82, 2.24) is 0 Å². The summed E-state index contributed by atoms with van der Waals surface area (Å²) < 4.78 is 13.5. The van der Waals surface area contributed by atoms with Crippen molar-refractivity contribution >= 4 is 11.9 Å². The molecule has 0 saturated carbocycles. The Balaban J connectivity index is 2.34. The summed E-state index contributed by atoms with van der Waals surface area (Å²) in [7, 11) is 0. The summed E-state index contributed by atoms with van der Waals surface area (Å²) in [5, 5.41) is 0. The summed E-state index contributed by atoms with van der Waals surface area (Å²) >= 11 is 0. The average Bonchev–Trinajstić information content (AvgIpc) is 2.39. The molecule has 0 bridgehead atoms. The molecule has 0 aromatic heterocycles. The van der Waals surface area contributed by atoms with Gasteiger partial charge in [-0.1, -0.05) is 25.1 Å². The molecule has 1 atom stereocenters. The van der Waals surface area contributed by atoms with Gasteiger partial charge in [0.1, 0.15) is 5.82 Å². The number of nitrogens with two attached hydrogens (primary N) is 1. The minimum Gasteiger partial charge on any atom is -0.325 e. The third-order valence-electron chi connectivity index (χ3n) is 3.87. The molecule has 0 heterocycles. The van der Waals surface area contributed by atoms with Crippen LogP contribution in [0.25, 0.3) is 5.57 Å². The predicted molar refractivity (Wildman–Crippen MR) is 70.8 cm³/mol. The zero-order valence-corrected chi connectivity index (χ0v) is 10.6. The van der Waals surface area contributed by atoms with E-state index in [2.05, 4.69) is 13.0 Å². The predicted octanol–water partition coefficient (Wildman–Crippen LogP) is 3.31. The van der Waals surface area contributed by atoms with Crippen molar-refractivity contribution in [2.75, 3.05) is 0 Å². The van der Waals surface area contributed by atoms with Gasteiger partial charge in [-0.2, -0.15) is 0 Å². The standard InChI is InChI=1S/C15H18FNO/c1-2-15(17)8-6-11(7-9-15)12-4-3-5-14(16)13(12)10-18/h3-6,10H,2,7-9,17H2,1H3. The van der Waals surface area contributed by atoms with Crippen molar-refractivity contribution < 1.29 is 9.18 Å². The topological polar surface area (TPSA) is 43.1 Å². The molecule has 2 nitrogen and oxygen atoms in total. The SMILES string of the molecule is CCC1(N)CC=C(c2cccc(F)c2C=O)CC1. The molecule has 0 radical (unpaired) electrons. The molecular formula is C15H18FNO. The van der Waals surface area contributed by atoms with E-state index in [0.29, 0.717) is 11.8 Å². The summed E-state index contributed by atoms with van der Waals surface area (Å²) in [6.07, 6.45) is 6.04. The van der Waals surface area contributed by atoms with E-state index in [1.807, 2.05) is 0 Å². The lowest BCUT2D eigenvalue weighted by molar-refractivity contribution is 0.111. The summed E-state index contributed by atoms with van der Waals surface area (Å²) in [5.74, 6) is -0.455. The molecule has 2 N–H and O–H groups in total. The quantitative estimate of drug-likeness (QED) is 0.833. The van der Waals surface area contributed by atoms with Crippen LogP contribution in [0.3, 0.4) is 0 Å². The lowest BCUT2D eigenvalue weighted by Crippen LogP contribution is -2.40. The second-order valence-electron chi connectivity index (χ2n) is 4.97. The van der Waals surface area contributed by atoms with Gasteiger partial charge in [-0.3, -0.25) is 4.79 Å². The second kappa shape index (κ2) is 5.02. The van der Waals surface area contributed by atoms with Crippen LogP contribution in [0.4, 0.5) is 4.39 Å². The highest BCUT2D eigenvalue weighted by molar-refractivity contribution is 5.86. The van der Waals surface area contributed by atoms with Crippen LogP contribution in [0.2, 0.25) is 0 Å². The Labute approximate surface area is 107 Å². The molecule has 2 rings (SSSR count). The number of rotatable bonds is 3. The van der Waals surface area contributed by atoms with Gasteiger partial charge < -0.3 is 5.73 Å². The number of hydrogen-bond acceptors (Lipinski definition) is 2. The van der Waals surface area contributed by atoms with E-state index in [9.17, 15) is 9.18 Å². The smallest absolute Gasteiger partial charge is 0.153 e. The van der Waals surface area contributed by atoms with Crippen LogP contribution in [0.5, 0.6) is 0 Å². The highest BCUT2D eigenvalue weighted by atomic mass is 19.1. The van der Waals surface area contributed by atoms with E-state index < -0.39 is 5.82 Å². The van der Waals surface area contributed by atoms with Crippen molar-refractivity contribution in [1.29, 1.82) is 0 Å². The van der Waals surface area contributed by atoms with Gasteiger partial charge in [0.05, 0.1) is 5.56 Å². The van der Waals surface area contributed by atoms with Gasteiger partial charge in [0, 0.05) is 5.54 Å². The van der Waals surface area contributed by atoms with E-state index in [1.54, 1.807) is 12.1 Å². The molecule has 0 amide bonds. The van der Waals surface area contributed by atoms with E-state index in [-0.39, 0.29) is 11.1 Å². The summed E-state index contributed by atoms with van der Waals surface area (Å²) in [5.41, 5.74) is 7.97. The Morgan fingerprint density at radius 2 is 2.28 bits per heavy atom. The molecular weight excluding hydrogens is 229 g/mol. The minimum atomic E-state index is -0.455. The van der Waals surface area contributed by atoms with Crippen molar-refractivity contribution in [3.8, 4) is 0 Å². The normalized spacial score (nSPS) is 23.6. The van der Waals surface area contributed by atoms with Gasteiger partial charge in [0.15, 0.2) is 6.29 Å². The number of benzene rings is 1. The zero-order valence-electron chi connectivity index (χ0n) is 10.6. The van der Waals surface area contributed by atoms with Gasteiger partial charge in [0.25, 0.3) is 0 Å². The van der Waals surface area contributed by atoms with Gasteiger partial charge in [-0.05, 0) is 42.9 Å². The first-order valence-electron chi connectivity index (χ1n) is 6.31. The third-order valence-corrected chi connectivity index (χ3v) is 3.87. The van der Waals surface area contributed by atoms with Gasteiger partial charge >= 0.3 is 0 Å². The fourth-order valence-electron chi connectivity index (χ4n) is 2.42. The minimum absolute atomic E-state index is 0.141. The van der Waals surface area contributed by atoms with Crippen LogP contribution < -0.4 is 5.73 Å². The number of carbonyl (C=O) groups excluding carboxylic acids is 1. The van der Waals surface area contributed by atoms with Crippen molar-refractivity contribution in [2.45, 2.75) is 38.1 Å². The fourth-order valence-corrected chi connectivity index (χ4v) is 2.42. The monoisotopic (exact) mass is 247 g/mol. The van der Waals surface area contributed by atoms with Gasteiger partial charge in [0.2, 0.25) is 0 Å². The molecule has 0 aliphatic heterocycles. The Morgan fingerprint density at radius 3 is 2.83 bits per heavy atom. The van der Waals surface area contributed by atoms with E-state index in [1.165, 1.54) is 6.07 Å². The van der Waals surface area contributed by atoms with Crippen LogP contribution >= 0.6 is 0 Å². The number of halogens is 1. The molecule has 0 spiro atoms. The van der Waals surface area contributed by atoms with E-state index in [4.69, 9.17) is 5.73 Å². The summed E-state index contributed by atoms with van der Waals surface area (Å²) in [6, 6.07) is 4.76. The van der Waals surface area contributed by atoms with Crippen molar-refractivity contribution in [2.24, 2.45) is 5.73 Å². The molecule has 1 unspecified atom stereocenters. The zero-order chi connectivity index (χ0) is 13.2. The summed E-state index contributed by atoms with van der Waals surface area (Å²) in [4.78, 5) is 11.0. The number of carbonyl (C=O) groups is 1. The van der Waals surface area contributed by atoms with Crippen LogP contribution in [0, 0.1) is 5.82 Å². The van der Waals surface area contributed by atoms with Crippen LogP contribution in [-0.2, 0) is 0 Å².